The zero-order chi connectivity index (χ0) is 18.5. The maximum Gasteiger partial charge on any atom is 0.266 e. The summed E-state index contributed by atoms with van der Waals surface area (Å²) in [7, 11) is 1.55. The van der Waals surface area contributed by atoms with Gasteiger partial charge in [0.25, 0.3) is 5.91 Å². The molecule has 8 heteroatoms. The number of aromatic nitrogens is 2. The van der Waals surface area contributed by atoms with E-state index in [-0.39, 0.29) is 5.91 Å². The molecule has 0 fully saturated rings. The van der Waals surface area contributed by atoms with Crippen LogP contribution in [0, 0.1) is 0 Å². The van der Waals surface area contributed by atoms with Crippen molar-refractivity contribution in [2.75, 3.05) is 12.4 Å². The molecule has 1 heterocycles. The maximum atomic E-state index is 12.4. The van der Waals surface area contributed by atoms with Gasteiger partial charge < -0.3 is 9.47 Å². The first-order valence-electron chi connectivity index (χ1n) is 7.77. The molecule has 3 rings (SSSR count). The van der Waals surface area contributed by atoms with Crippen LogP contribution in [0.5, 0.6) is 11.5 Å². The van der Waals surface area contributed by atoms with Crippen LogP contribution in [-0.2, 0) is 4.79 Å². The van der Waals surface area contributed by atoms with Crippen molar-refractivity contribution in [3.63, 3.8) is 0 Å². The van der Waals surface area contributed by atoms with Crippen LogP contribution in [0.25, 0.3) is 11.4 Å². The van der Waals surface area contributed by atoms with Gasteiger partial charge in [-0.2, -0.15) is 9.36 Å². The zero-order valence-corrected chi connectivity index (χ0v) is 16.5. The van der Waals surface area contributed by atoms with Crippen molar-refractivity contribution >= 4 is 38.5 Å². The number of nitrogens with one attached hydrogen (secondary N) is 1. The number of halogens is 1. The normalized spacial score (nSPS) is 11.7. The van der Waals surface area contributed by atoms with Crippen LogP contribution in [0.15, 0.2) is 53.0 Å². The molecule has 26 heavy (non-hydrogen) atoms. The summed E-state index contributed by atoms with van der Waals surface area (Å²) in [6, 6.07) is 14.8. The lowest BCUT2D eigenvalue weighted by atomic mass is 10.2. The first-order valence-corrected chi connectivity index (χ1v) is 9.33. The number of hydrogen-bond acceptors (Lipinski definition) is 6. The van der Waals surface area contributed by atoms with E-state index >= 15 is 0 Å². The molecular weight excluding hydrogens is 418 g/mol. The van der Waals surface area contributed by atoms with Crippen LogP contribution in [-0.4, -0.2) is 28.5 Å². The SMILES string of the molecule is COc1ccccc1O[C@H](C)C(=O)Nc1nc(-c2ccc(Br)cc2)ns1. The van der Waals surface area contributed by atoms with E-state index in [1.807, 2.05) is 36.4 Å². The summed E-state index contributed by atoms with van der Waals surface area (Å²) >= 11 is 4.51. The summed E-state index contributed by atoms with van der Waals surface area (Å²) in [6.45, 7) is 1.67. The highest BCUT2D eigenvalue weighted by Crippen LogP contribution is 2.27. The van der Waals surface area contributed by atoms with Crippen LogP contribution in [0.1, 0.15) is 6.92 Å². The minimum absolute atomic E-state index is 0.311. The van der Waals surface area contributed by atoms with Gasteiger partial charge in [-0.1, -0.05) is 40.2 Å². The Bertz CT molecular complexity index is 899. The van der Waals surface area contributed by atoms with Crippen molar-refractivity contribution in [1.29, 1.82) is 0 Å². The van der Waals surface area contributed by atoms with Gasteiger partial charge in [0.05, 0.1) is 7.11 Å². The molecule has 6 nitrogen and oxygen atoms in total. The van der Waals surface area contributed by atoms with Crippen LogP contribution in [0.3, 0.4) is 0 Å². The first kappa shape index (κ1) is 18.3. The molecule has 0 aliphatic heterocycles. The van der Waals surface area contributed by atoms with Crippen molar-refractivity contribution < 1.29 is 14.3 Å². The summed E-state index contributed by atoms with van der Waals surface area (Å²) in [6.07, 6.45) is -0.716. The Morgan fingerprint density at radius 2 is 1.85 bits per heavy atom. The summed E-state index contributed by atoms with van der Waals surface area (Å²) in [5, 5.41) is 3.15. The van der Waals surface area contributed by atoms with Gasteiger partial charge in [0, 0.05) is 21.6 Å². The first-order chi connectivity index (χ1) is 12.6. The quantitative estimate of drug-likeness (QED) is 0.623. The lowest BCUT2D eigenvalue weighted by Crippen LogP contribution is -2.30. The van der Waals surface area contributed by atoms with E-state index < -0.39 is 6.10 Å². The number of anilines is 1. The second-order valence-electron chi connectivity index (χ2n) is 5.33. The van der Waals surface area contributed by atoms with Gasteiger partial charge in [0.1, 0.15) is 0 Å². The predicted octanol–water partition coefficient (Wildman–Crippen LogP) is 4.38. The molecule has 3 aromatic rings. The number of carbonyl (C=O) groups is 1. The van der Waals surface area contributed by atoms with E-state index in [2.05, 4.69) is 30.6 Å². The van der Waals surface area contributed by atoms with E-state index in [1.54, 1.807) is 26.2 Å². The van der Waals surface area contributed by atoms with Gasteiger partial charge >= 0.3 is 0 Å². The number of amides is 1. The molecule has 1 atom stereocenters. The van der Waals surface area contributed by atoms with E-state index in [9.17, 15) is 4.79 Å². The second-order valence-corrected chi connectivity index (χ2v) is 7.00. The topological polar surface area (TPSA) is 73.3 Å². The Kier molecular flexibility index (Phi) is 5.85. The molecule has 0 saturated heterocycles. The number of rotatable bonds is 6. The van der Waals surface area contributed by atoms with Crippen LogP contribution < -0.4 is 14.8 Å². The molecule has 0 spiro atoms. The van der Waals surface area contributed by atoms with Crippen molar-refractivity contribution in [3.05, 3.63) is 53.0 Å². The minimum Gasteiger partial charge on any atom is -0.493 e. The summed E-state index contributed by atoms with van der Waals surface area (Å²) in [4.78, 5) is 16.7. The lowest BCUT2D eigenvalue weighted by molar-refractivity contribution is -0.122. The van der Waals surface area contributed by atoms with Gasteiger partial charge in [0.2, 0.25) is 5.13 Å². The maximum absolute atomic E-state index is 12.4. The molecule has 0 aliphatic carbocycles. The minimum atomic E-state index is -0.716. The summed E-state index contributed by atoms with van der Waals surface area (Å²) in [5.41, 5.74) is 0.878. The molecule has 1 aromatic heterocycles. The number of nitrogens with zero attached hydrogens (tertiary/aromatic N) is 2. The fourth-order valence-electron chi connectivity index (χ4n) is 2.16. The molecule has 0 unspecified atom stereocenters. The number of methoxy groups -OCH3 is 1. The smallest absolute Gasteiger partial charge is 0.266 e. The van der Waals surface area contributed by atoms with Gasteiger partial charge in [-0.25, -0.2) is 0 Å². The Balaban J connectivity index is 1.65. The van der Waals surface area contributed by atoms with Crippen LogP contribution in [0.4, 0.5) is 5.13 Å². The van der Waals surface area contributed by atoms with E-state index in [0.717, 1.165) is 21.6 Å². The predicted molar refractivity (Wildman–Crippen MR) is 105 cm³/mol. The molecular formula is C18H16BrN3O3S. The van der Waals surface area contributed by atoms with Gasteiger partial charge in [-0.15, -0.1) is 0 Å². The third-order valence-electron chi connectivity index (χ3n) is 3.50. The summed E-state index contributed by atoms with van der Waals surface area (Å²) < 4.78 is 16.2. The van der Waals surface area contributed by atoms with Crippen molar-refractivity contribution in [2.45, 2.75) is 13.0 Å². The van der Waals surface area contributed by atoms with Crippen molar-refractivity contribution in [1.82, 2.24) is 9.36 Å². The van der Waals surface area contributed by atoms with Gasteiger partial charge in [-0.05, 0) is 31.2 Å². The molecule has 0 aliphatic rings. The third kappa shape index (κ3) is 4.39. The fraction of sp³-hybridized carbons (Fsp3) is 0.167. The average Bonchev–Trinajstić information content (AvgIpc) is 3.11. The van der Waals surface area contributed by atoms with Crippen LogP contribution in [0.2, 0.25) is 0 Å². The lowest BCUT2D eigenvalue weighted by Gasteiger charge is -2.15. The molecule has 1 amide bonds. The Morgan fingerprint density at radius 3 is 2.54 bits per heavy atom. The number of para-hydroxylation sites is 2. The van der Waals surface area contributed by atoms with E-state index in [4.69, 9.17) is 9.47 Å². The Hall–Kier alpha value is -2.45. The highest BCUT2D eigenvalue weighted by molar-refractivity contribution is 9.10. The highest BCUT2D eigenvalue weighted by Gasteiger charge is 2.18. The van der Waals surface area contributed by atoms with Gasteiger partial charge in [0.15, 0.2) is 23.4 Å². The zero-order valence-electron chi connectivity index (χ0n) is 14.1. The Labute approximate surface area is 163 Å². The Morgan fingerprint density at radius 1 is 1.15 bits per heavy atom. The van der Waals surface area contributed by atoms with Crippen LogP contribution >= 0.6 is 27.5 Å². The molecule has 2 aromatic carbocycles. The number of benzene rings is 2. The largest absolute Gasteiger partial charge is 0.493 e. The molecule has 0 bridgehead atoms. The second kappa shape index (κ2) is 8.29. The highest BCUT2D eigenvalue weighted by atomic mass is 79.9. The van der Waals surface area contributed by atoms with E-state index in [1.165, 1.54) is 0 Å². The fourth-order valence-corrected chi connectivity index (χ4v) is 3.01. The van der Waals surface area contributed by atoms with Crippen molar-refractivity contribution in [3.8, 4) is 22.9 Å². The molecule has 1 N–H and O–H groups in total. The number of carbonyl (C=O) groups excluding carboxylic acids is 1. The third-order valence-corrected chi connectivity index (χ3v) is 4.66. The molecule has 134 valence electrons. The average molecular weight is 434 g/mol. The van der Waals surface area contributed by atoms with Gasteiger partial charge in [-0.3, -0.25) is 10.1 Å². The standard InChI is InChI=1S/C18H16BrN3O3S/c1-11(25-15-6-4-3-5-14(15)24-2)17(23)21-18-20-16(22-26-18)12-7-9-13(19)10-8-12/h3-11H,1-2H3,(H,20,21,22,23)/t11-/m1/s1. The van der Waals surface area contributed by atoms with E-state index in [0.29, 0.717) is 22.5 Å². The molecule has 0 radical (unpaired) electrons. The molecule has 0 saturated carbocycles. The number of hydrogen-bond donors (Lipinski definition) is 1. The number of ether oxygens (including phenoxy) is 2. The monoisotopic (exact) mass is 433 g/mol. The summed E-state index contributed by atoms with van der Waals surface area (Å²) in [5.74, 6) is 1.33. The van der Waals surface area contributed by atoms with Crippen molar-refractivity contribution in [2.24, 2.45) is 0 Å².